The first-order chi connectivity index (χ1) is 18.8. The summed E-state index contributed by atoms with van der Waals surface area (Å²) in [4.78, 5) is 0. The van der Waals surface area contributed by atoms with E-state index in [1.54, 1.807) is 0 Å². The Morgan fingerprint density at radius 1 is 0.641 bits per heavy atom. The van der Waals surface area contributed by atoms with Crippen LogP contribution in [0.4, 0.5) is 0 Å². The van der Waals surface area contributed by atoms with Gasteiger partial charge in [0.25, 0.3) is 0 Å². The lowest BCUT2D eigenvalue weighted by molar-refractivity contribution is -0.564. The Morgan fingerprint density at radius 2 is 1.08 bits per heavy atom. The summed E-state index contributed by atoms with van der Waals surface area (Å²) < 4.78 is 2.51. The number of nitrogens with one attached hydrogen (secondary N) is 1. The molecule has 1 aliphatic rings. The summed E-state index contributed by atoms with van der Waals surface area (Å²) in [5.41, 5.74) is 0. The molecule has 1 rings (SSSR count). The molecule has 0 aromatic rings. The predicted molar refractivity (Wildman–Crippen MR) is 169 cm³/mol. The van der Waals surface area contributed by atoms with Gasteiger partial charge in [0.15, 0.2) is 0 Å². The molecule has 2 atom stereocenters. The summed E-state index contributed by atoms with van der Waals surface area (Å²) >= 11 is 0. The number of allylic oxidation sites excluding steroid dienone is 2. The van der Waals surface area contributed by atoms with Crippen molar-refractivity contribution in [2.75, 3.05) is 19.7 Å². The van der Waals surface area contributed by atoms with Crippen LogP contribution in [0.25, 0.3) is 0 Å². The second-order valence-electron chi connectivity index (χ2n) is 12.2. The van der Waals surface area contributed by atoms with Crippen LogP contribution in [0.1, 0.15) is 174 Å². The number of aliphatic hydroxyl groups excluding tert-OH is 1. The number of hydrogen-bond acceptors (Lipinski definition) is 2. The summed E-state index contributed by atoms with van der Waals surface area (Å²) in [5.74, 6) is 0.726. The zero-order valence-corrected chi connectivity index (χ0v) is 27.2. The van der Waals surface area contributed by atoms with Crippen LogP contribution >= 0.6 is 0 Å². The molecule has 1 heterocycles. The zero-order chi connectivity index (χ0) is 27.4. The molecule has 0 spiro atoms. The molecular formula is C35H69ClN2O. The molecule has 0 radical (unpaired) electrons. The Bertz CT molecular complexity index is 551. The van der Waals surface area contributed by atoms with Crippen molar-refractivity contribution in [1.29, 1.82) is 0 Å². The largest absolute Gasteiger partial charge is 1.00 e. The number of unbranched alkanes of at least 4 members (excludes halogenated alkanes) is 19. The maximum absolute atomic E-state index is 9.82. The molecule has 0 saturated carbocycles. The van der Waals surface area contributed by atoms with E-state index in [4.69, 9.17) is 0 Å². The van der Waals surface area contributed by atoms with Gasteiger partial charge in [-0.05, 0) is 44.4 Å². The topological polar surface area (TPSA) is 35.3 Å². The summed E-state index contributed by atoms with van der Waals surface area (Å²) in [7, 11) is 0. The number of aliphatic hydroxyl groups is 1. The minimum absolute atomic E-state index is 0. The number of halogens is 1. The van der Waals surface area contributed by atoms with Gasteiger partial charge in [0.1, 0.15) is 19.1 Å². The van der Waals surface area contributed by atoms with Crippen LogP contribution in [0.15, 0.2) is 12.2 Å². The summed E-state index contributed by atoms with van der Waals surface area (Å²) in [6.45, 7) is 7.06. The molecule has 1 aliphatic heterocycles. The first-order valence-corrected chi connectivity index (χ1v) is 17.4. The molecule has 2 unspecified atom stereocenters. The van der Waals surface area contributed by atoms with Crippen LogP contribution in [-0.2, 0) is 0 Å². The Balaban J connectivity index is 0.0000144. The number of hydrogen-bond donors (Lipinski definition) is 2. The van der Waals surface area contributed by atoms with E-state index in [1.165, 1.54) is 154 Å². The standard InChI is InChI=1S/C35H68N2O.ClH/c1-3-5-7-9-11-13-15-16-17-18-20-22-24-26-28-34(35(29-32-38)37-31-30-36-33-37)27-25-23-21-19-14-12-10-8-6-4-2;/h16-17,33-35,38H,3-15,18-32H2,1-2H3;1H/b17-16-;. The van der Waals surface area contributed by atoms with E-state index in [2.05, 4.69) is 42.2 Å². The van der Waals surface area contributed by atoms with Crippen molar-refractivity contribution in [2.24, 2.45) is 5.92 Å². The highest BCUT2D eigenvalue weighted by atomic mass is 35.5. The molecule has 0 fully saturated rings. The van der Waals surface area contributed by atoms with Gasteiger partial charge in [-0.2, -0.15) is 0 Å². The Hall–Kier alpha value is -0.540. The van der Waals surface area contributed by atoms with Crippen LogP contribution in [-0.4, -0.2) is 41.8 Å². The average molecular weight is 569 g/mol. The third-order valence-corrected chi connectivity index (χ3v) is 8.68. The molecule has 39 heavy (non-hydrogen) atoms. The smallest absolute Gasteiger partial charge is 0.232 e. The second kappa shape index (κ2) is 30.4. The van der Waals surface area contributed by atoms with Gasteiger partial charge in [-0.1, -0.05) is 142 Å². The van der Waals surface area contributed by atoms with Crippen molar-refractivity contribution in [1.82, 2.24) is 5.32 Å². The highest BCUT2D eigenvalue weighted by Gasteiger charge is 2.28. The Morgan fingerprint density at radius 3 is 1.49 bits per heavy atom. The van der Waals surface area contributed by atoms with Crippen LogP contribution in [0.5, 0.6) is 0 Å². The van der Waals surface area contributed by atoms with Crippen molar-refractivity contribution in [3.05, 3.63) is 12.2 Å². The number of rotatable bonds is 29. The van der Waals surface area contributed by atoms with Gasteiger partial charge < -0.3 is 17.5 Å². The molecule has 0 aromatic carbocycles. The molecule has 2 N–H and O–H groups in total. The lowest BCUT2D eigenvalue weighted by Gasteiger charge is -2.26. The third kappa shape index (κ3) is 22.8. The average Bonchev–Trinajstić information content (AvgIpc) is 3.47. The fraction of sp³-hybridized carbons (Fsp3) is 0.914. The van der Waals surface area contributed by atoms with Crippen molar-refractivity contribution in [3.63, 3.8) is 0 Å². The highest BCUT2D eigenvalue weighted by molar-refractivity contribution is 5.49. The molecule has 232 valence electrons. The van der Waals surface area contributed by atoms with Gasteiger partial charge >= 0.3 is 0 Å². The maximum atomic E-state index is 9.82. The van der Waals surface area contributed by atoms with E-state index in [1.807, 2.05) is 0 Å². The van der Waals surface area contributed by atoms with Gasteiger partial charge in [0.2, 0.25) is 6.34 Å². The molecular weight excluding hydrogens is 500 g/mol. The van der Waals surface area contributed by atoms with Gasteiger partial charge in [-0.15, -0.1) is 0 Å². The fourth-order valence-corrected chi connectivity index (χ4v) is 6.23. The normalized spacial score (nSPS) is 14.8. The lowest BCUT2D eigenvalue weighted by atomic mass is 9.86. The highest BCUT2D eigenvalue weighted by Crippen LogP contribution is 2.26. The SMILES string of the molecule is CCCCCCCC/C=C\CCCCCCC(CCCCCCCCCCCC)C(CCO)[N+]1=CNCC1.[Cl-]. The molecule has 0 saturated heterocycles. The van der Waals surface area contributed by atoms with Gasteiger partial charge in [0.05, 0.1) is 0 Å². The second-order valence-corrected chi connectivity index (χ2v) is 12.2. The molecule has 0 bridgehead atoms. The van der Waals surface area contributed by atoms with E-state index in [0.29, 0.717) is 12.6 Å². The van der Waals surface area contributed by atoms with Crippen molar-refractivity contribution >= 4 is 6.34 Å². The first-order valence-electron chi connectivity index (χ1n) is 17.4. The summed E-state index contributed by atoms with van der Waals surface area (Å²) in [5, 5.41) is 13.2. The molecule has 0 aliphatic carbocycles. The monoisotopic (exact) mass is 569 g/mol. The van der Waals surface area contributed by atoms with E-state index >= 15 is 0 Å². The maximum Gasteiger partial charge on any atom is 0.232 e. The summed E-state index contributed by atoms with van der Waals surface area (Å²) in [6, 6.07) is 0.512. The third-order valence-electron chi connectivity index (χ3n) is 8.68. The van der Waals surface area contributed by atoms with E-state index in [0.717, 1.165) is 25.4 Å². The minimum Gasteiger partial charge on any atom is -1.00 e. The first kappa shape index (κ1) is 38.5. The Labute approximate surface area is 251 Å². The van der Waals surface area contributed by atoms with Crippen molar-refractivity contribution in [2.45, 2.75) is 180 Å². The van der Waals surface area contributed by atoms with Crippen LogP contribution < -0.4 is 17.7 Å². The van der Waals surface area contributed by atoms with Gasteiger partial charge in [-0.25, -0.2) is 0 Å². The summed E-state index contributed by atoms with van der Waals surface area (Å²) in [6.07, 6.45) is 41.1. The molecule has 0 amide bonds. The van der Waals surface area contributed by atoms with Crippen LogP contribution in [0.3, 0.4) is 0 Å². The van der Waals surface area contributed by atoms with E-state index in [-0.39, 0.29) is 12.4 Å². The van der Waals surface area contributed by atoms with Crippen molar-refractivity contribution < 1.29 is 22.1 Å². The zero-order valence-electron chi connectivity index (χ0n) is 26.5. The van der Waals surface area contributed by atoms with Crippen LogP contribution in [0, 0.1) is 5.92 Å². The molecule has 4 heteroatoms. The molecule has 0 aromatic heterocycles. The van der Waals surface area contributed by atoms with E-state index in [9.17, 15) is 5.11 Å². The van der Waals surface area contributed by atoms with E-state index < -0.39 is 0 Å². The molecule has 3 nitrogen and oxygen atoms in total. The van der Waals surface area contributed by atoms with Gasteiger partial charge in [-0.3, -0.25) is 9.89 Å². The number of nitrogens with zero attached hydrogens (tertiary/aromatic N) is 1. The van der Waals surface area contributed by atoms with Crippen LogP contribution in [0.2, 0.25) is 0 Å². The lowest BCUT2D eigenvalue weighted by Crippen LogP contribution is -3.00. The fourth-order valence-electron chi connectivity index (χ4n) is 6.23. The van der Waals surface area contributed by atoms with Gasteiger partial charge in [0, 0.05) is 13.0 Å². The Kier molecular flexibility index (Phi) is 30.0. The minimum atomic E-state index is 0. The predicted octanol–water partition coefficient (Wildman–Crippen LogP) is 6.96. The van der Waals surface area contributed by atoms with Crippen molar-refractivity contribution in [3.8, 4) is 0 Å². The quantitative estimate of drug-likeness (QED) is 0.0581.